The number of carbonyl (C=O) groups excluding carboxylic acids is 1. The van der Waals surface area contributed by atoms with E-state index in [1.165, 1.54) is 0 Å². The SMILES string of the molecule is CC.CC#CCN1CCOC(CN(C)C(=O)C(C)C)C1. The second-order valence-electron chi connectivity index (χ2n) is 5.03. The van der Waals surface area contributed by atoms with E-state index in [1.807, 2.05) is 41.7 Å². The fraction of sp³-hybridized carbons (Fsp3) is 0.812. The summed E-state index contributed by atoms with van der Waals surface area (Å²) in [5, 5.41) is 0. The lowest BCUT2D eigenvalue weighted by molar-refractivity contribution is -0.136. The molecule has 0 aromatic heterocycles. The highest BCUT2D eigenvalue weighted by atomic mass is 16.5. The molecule has 0 aromatic rings. The molecule has 0 aromatic carbocycles. The second-order valence-corrected chi connectivity index (χ2v) is 5.03. The van der Waals surface area contributed by atoms with Crippen LogP contribution in [0.2, 0.25) is 0 Å². The Bertz CT molecular complexity index is 331. The van der Waals surface area contributed by atoms with Crippen molar-refractivity contribution in [3.8, 4) is 11.8 Å². The molecule has 1 saturated heterocycles. The average molecular weight is 282 g/mol. The predicted octanol–water partition coefficient (Wildman–Crippen LogP) is 1.85. The summed E-state index contributed by atoms with van der Waals surface area (Å²) >= 11 is 0. The van der Waals surface area contributed by atoms with Crippen LogP contribution in [0.5, 0.6) is 0 Å². The van der Waals surface area contributed by atoms with E-state index >= 15 is 0 Å². The van der Waals surface area contributed by atoms with Crippen LogP contribution in [-0.4, -0.2) is 61.6 Å². The highest BCUT2D eigenvalue weighted by Crippen LogP contribution is 2.08. The molecular formula is C16H30N2O2. The van der Waals surface area contributed by atoms with Gasteiger partial charge in [-0.25, -0.2) is 0 Å². The summed E-state index contributed by atoms with van der Waals surface area (Å²) in [6, 6.07) is 0. The fourth-order valence-electron chi connectivity index (χ4n) is 2.06. The Morgan fingerprint density at radius 3 is 2.65 bits per heavy atom. The van der Waals surface area contributed by atoms with Crippen LogP contribution in [-0.2, 0) is 9.53 Å². The van der Waals surface area contributed by atoms with Crippen LogP contribution in [0.15, 0.2) is 0 Å². The van der Waals surface area contributed by atoms with Gasteiger partial charge in [0.15, 0.2) is 0 Å². The smallest absolute Gasteiger partial charge is 0.224 e. The van der Waals surface area contributed by atoms with Crippen molar-refractivity contribution in [3.05, 3.63) is 0 Å². The molecule has 1 heterocycles. The molecule has 0 radical (unpaired) electrons. The topological polar surface area (TPSA) is 32.8 Å². The van der Waals surface area contributed by atoms with Gasteiger partial charge in [-0.1, -0.05) is 33.6 Å². The highest BCUT2D eigenvalue weighted by molar-refractivity contribution is 5.77. The van der Waals surface area contributed by atoms with E-state index in [0.717, 1.165) is 26.2 Å². The van der Waals surface area contributed by atoms with Gasteiger partial charge in [-0.05, 0) is 6.92 Å². The molecule has 1 rings (SSSR count). The van der Waals surface area contributed by atoms with Crippen LogP contribution in [0.25, 0.3) is 0 Å². The molecule has 1 aliphatic rings. The summed E-state index contributed by atoms with van der Waals surface area (Å²) < 4.78 is 5.70. The minimum absolute atomic E-state index is 0.0423. The van der Waals surface area contributed by atoms with Crippen molar-refractivity contribution in [2.75, 3.05) is 39.8 Å². The van der Waals surface area contributed by atoms with Crippen LogP contribution < -0.4 is 0 Å². The van der Waals surface area contributed by atoms with Gasteiger partial charge in [-0.2, -0.15) is 0 Å². The molecule has 0 saturated carbocycles. The van der Waals surface area contributed by atoms with E-state index < -0.39 is 0 Å². The van der Waals surface area contributed by atoms with Gasteiger partial charge in [-0.15, -0.1) is 5.92 Å². The summed E-state index contributed by atoms with van der Waals surface area (Å²) in [5.74, 6) is 6.19. The van der Waals surface area contributed by atoms with Crippen LogP contribution in [0.4, 0.5) is 0 Å². The third-order valence-electron chi connectivity index (χ3n) is 3.05. The number of hydrogen-bond donors (Lipinski definition) is 0. The summed E-state index contributed by atoms with van der Waals surface area (Å²) in [5.41, 5.74) is 0. The molecule has 4 nitrogen and oxygen atoms in total. The lowest BCUT2D eigenvalue weighted by atomic mass is 10.2. The maximum atomic E-state index is 11.8. The third kappa shape index (κ3) is 6.93. The molecule has 1 fully saturated rings. The zero-order valence-electron chi connectivity index (χ0n) is 13.9. The van der Waals surface area contributed by atoms with Crippen molar-refractivity contribution in [3.63, 3.8) is 0 Å². The molecule has 116 valence electrons. The number of hydrogen-bond acceptors (Lipinski definition) is 3. The quantitative estimate of drug-likeness (QED) is 0.738. The number of likely N-dealkylation sites (N-methyl/N-ethyl adjacent to an activating group) is 1. The highest BCUT2D eigenvalue weighted by Gasteiger charge is 2.23. The number of carbonyl (C=O) groups is 1. The molecule has 0 bridgehead atoms. The minimum Gasteiger partial charge on any atom is -0.374 e. The first kappa shape index (κ1) is 18.9. The van der Waals surface area contributed by atoms with Gasteiger partial charge in [0.2, 0.25) is 5.91 Å². The largest absolute Gasteiger partial charge is 0.374 e. The molecule has 1 atom stereocenters. The van der Waals surface area contributed by atoms with Crippen molar-refractivity contribution in [2.24, 2.45) is 5.92 Å². The normalized spacial score (nSPS) is 18.6. The first-order chi connectivity index (χ1) is 9.54. The number of nitrogens with zero attached hydrogens (tertiary/aromatic N) is 2. The molecular weight excluding hydrogens is 252 g/mol. The molecule has 1 aliphatic heterocycles. The summed E-state index contributed by atoms with van der Waals surface area (Å²) in [4.78, 5) is 15.8. The average Bonchev–Trinajstić information content (AvgIpc) is 2.46. The molecule has 0 spiro atoms. The van der Waals surface area contributed by atoms with Crippen LogP contribution >= 0.6 is 0 Å². The monoisotopic (exact) mass is 282 g/mol. The van der Waals surface area contributed by atoms with E-state index in [1.54, 1.807) is 4.90 Å². The Labute approximate surface area is 124 Å². The predicted molar refractivity (Wildman–Crippen MR) is 83.5 cm³/mol. The Morgan fingerprint density at radius 1 is 1.45 bits per heavy atom. The van der Waals surface area contributed by atoms with E-state index in [0.29, 0.717) is 6.54 Å². The van der Waals surface area contributed by atoms with E-state index in [-0.39, 0.29) is 17.9 Å². The molecule has 1 amide bonds. The molecule has 0 N–H and O–H groups in total. The lowest BCUT2D eigenvalue weighted by Gasteiger charge is -2.34. The number of amides is 1. The van der Waals surface area contributed by atoms with Crippen molar-refractivity contribution in [1.82, 2.24) is 9.80 Å². The third-order valence-corrected chi connectivity index (χ3v) is 3.05. The molecule has 20 heavy (non-hydrogen) atoms. The Balaban J connectivity index is 0.00000172. The van der Waals surface area contributed by atoms with Gasteiger partial charge in [0.1, 0.15) is 0 Å². The van der Waals surface area contributed by atoms with Crippen molar-refractivity contribution >= 4 is 5.91 Å². The Morgan fingerprint density at radius 2 is 2.10 bits per heavy atom. The maximum absolute atomic E-state index is 11.8. The van der Waals surface area contributed by atoms with Crippen LogP contribution in [0, 0.1) is 17.8 Å². The lowest BCUT2D eigenvalue weighted by Crippen LogP contribution is -2.48. The zero-order chi connectivity index (χ0) is 15.5. The summed E-state index contributed by atoms with van der Waals surface area (Å²) in [6.07, 6.45) is 0.102. The van der Waals surface area contributed by atoms with Gasteiger partial charge in [0.05, 0.1) is 19.3 Å². The Kier molecular flexibility index (Phi) is 10.1. The Hall–Kier alpha value is -1.05. The van der Waals surface area contributed by atoms with E-state index in [9.17, 15) is 4.79 Å². The number of ether oxygens (including phenoxy) is 1. The first-order valence-electron chi connectivity index (χ1n) is 7.53. The number of rotatable bonds is 4. The molecule has 4 heteroatoms. The van der Waals surface area contributed by atoms with Gasteiger partial charge >= 0.3 is 0 Å². The van der Waals surface area contributed by atoms with E-state index in [4.69, 9.17) is 4.74 Å². The first-order valence-corrected chi connectivity index (χ1v) is 7.53. The minimum atomic E-state index is 0.0423. The van der Waals surface area contributed by atoms with Crippen LogP contribution in [0.3, 0.4) is 0 Å². The molecule has 0 aliphatic carbocycles. The van der Waals surface area contributed by atoms with Gasteiger partial charge < -0.3 is 9.64 Å². The number of morpholine rings is 1. The molecule has 1 unspecified atom stereocenters. The van der Waals surface area contributed by atoms with Gasteiger partial charge in [0.25, 0.3) is 0 Å². The van der Waals surface area contributed by atoms with Crippen LogP contribution in [0.1, 0.15) is 34.6 Å². The summed E-state index contributed by atoms with van der Waals surface area (Å²) in [7, 11) is 1.84. The standard InChI is InChI=1S/C14H24N2O2.C2H6/c1-5-6-7-16-8-9-18-13(11-16)10-15(4)14(17)12(2)3;1-2/h12-13H,7-11H2,1-4H3;1-2H3. The van der Waals surface area contributed by atoms with Gasteiger partial charge in [0, 0.05) is 32.6 Å². The second kappa shape index (κ2) is 10.7. The summed E-state index contributed by atoms with van der Waals surface area (Å²) in [6.45, 7) is 13.6. The maximum Gasteiger partial charge on any atom is 0.224 e. The fourth-order valence-corrected chi connectivity index (χ4v) is 2.06. The van der Waals surface area contributed by atoms with Crippen molar-refractivity contribution < 1.29 is 9.53 Å². The zero-order valence-corrected chi connectivity index (χ0v) is 13.9. The van der Waals surface area contributed by atoms with Crippen molar-refractivity contribution in [2.45, 2.75) is 40.7 Å². The van der Waals surface area contributed by atoms with Crippen molar-refractivity contribution in [1.29, 1.82) is 0 Å². The van der Waals surface area contributed by atoms with E-state index in [2.05, 4.69) is 16.7 Å². The van der Waals surface area contributed by atoms with Gasteiger partial charge in [-0.3, -0.25) is 9.69 Å².